The first-order valence-corrected chi connectivity index (χ1v) is 10.4. The number of carbonyl (C=O) groups excluding carboxylic acids is 1. The van der Waals surface area contributed by atoms with Crippen molar-refractivity contribution in [3.05, 3.63) is 70.0 Å². The molecule has 2 aromatic carbocycles. The van der Waals surface area contributed by atoms with Crippen LogP contribution >= 0.6 is 0 Å². The van der Waals surface area contributed by atoms with Gasteiger partial charge in [0.15, 0.2) is 0 Å². The van der Waals surface area contributed by atoms with E-state index in [4.69, 9.17) is 0 Å². The number of hydrogen-bond donors (Lipinski definition) is 1. The van der Waals surface area contributed by atoms with Crippen molar-refractivity contribution in [1.29, 1.82) is 0 Å². The second kappa shape index (κ2) is 7.67. The Hall–Kier alpha value is -2.20. The smallest absolute Gasteiger partial charge is 0.236 e. The molecule has 0 radical (unpaired) electrons. The van der Waals surface area contributed by atoms with Gasteiger partial charge in [-0.25, -0.2) is 4.39 Å². The lowest BCUT2D eigenvalue weighted by Gasteiger charge is -2.40. The van der Waals surface area contributed by atoms with Gasteiger partial charge in [-0.15, -0.1) is 0 Å². The van der Waals surface area contributed by atoms with E-state index in [1.54, 1.807) is 6.07 Å². The Bertz CT molecular complexity index is 892. The topological polar surface area (TPSA) is 32.3 Å². The van der Waals surface area contributed by atoms with E-state index in [1.807, 2.05) is 11.0 Å². The lowest BCUT2D eigenvalue weighted by molar-refractivity contribution is -0.134. The van der Waals surface area contributed by atoms with Crippen LogP contribution in [0.1, 0.15) is 54.5 Å². The summed E-state index contributed by atoms with van der Waals surface area (Å²) in [6.45, 7) is 7.29. The Morgan fingerprint density at radius 1 is 1.11 bits per heavy atom. The summed E-state index contributed by atoms with van der Waals surface area (Å²) in [5.41, 5.74) is 5.91. The molecule has 2 atom stereocenters. The minimum Gasteiger partial charge on any atom is -0.338 e. The highest BCUT2D eigenvalue weighted by molar-refractivity contribution is 5.79. The highest BCUT2D eigenvalue weighted by Crippen LogP contribution is 2.39. The minimum absolute atomic E-state index is 0.0454. The number of carbonyl (C=O) groups is 1. The molecule has 1 aliphatic carbocycles. The molecule has 2 aliphatic rings. The molecule has 0 bridgehead atoms. The van der Waals surface area contributed by atoms with Crippen molar-refractivity contribution < 1.29 is 9.18 Å². The van der Waals surface area contributed by atoms with Gasteiger partial charge < -0.3 is 10.2 Å². The van der Waals surface area contributed by atoms with E-state index in [9.17, 15) is 9.18 Å². The number of amides is 1. The molecular formula is C24H29FN2O. The standard InChI is InChI=1S/C24H29FN2O/c1-4-16-7-5-8-19-17(16)11-12-18-20(9-6-10-21(18)25)24(19)22-14-27(15(2)3)23(28)13-26-22/h5-10,15,22,24,26H,4,11-14H2,1-3H3. The lowest BCUT2D eigenvalue weighted by atomic mass is 9.80. The van der Waals surface area contributed by atoms with Crippen LogP contribution in [0.2, 0.25) is 0 Å². The number of hydrogen-bond acceptors (Lipinski definition) is 2. The maximum Gasteiger partial charge on any atom is 0.236 e. The molecule has 1 amide bonds. The summed E-state index contributed by atoms with van der Waals surface area (Å²) in [7, 11) is 0. The molecule has 148 valence electrons. The van der Waals surface area contributed by atoms with Gasteiger partial charge >= 0.3 is 0 Å². The number of rotatable bonds is 3. The van der Waals surface area contributed by atoms with Crippen molar-refractivity contribution >= 4 is 5.91 Å². The number of piperazine rings is 1. The van der Waals surface area contributed by atoms with Crippen LogP contribution in [0, 0.1) is 5.82 Å². The average molecular weight is 381 g/mol. The zero-order chi connectivity index (χ0) is 19.8. The Morgan fingerprint density at radius 3 is 2.50 bits per heavy atom. The summed E-state index contributed by atoms with van der Waals surface area (Å²) >= 11 is 0. The second-order valence-electron chi connectivity index (χ2n) is 8.25. The highest BCUT2D eigenvalue weighted by atomic mass is 19.1. The van der Waals surface area contributed by atoms with Crippen molar-refractivity contribution in [2.24, 2.45) is 0 Å². The zero-order valence-electron chi connectivity index (χ0n) is 17.0. The predicted octanol–water partition coefficient (Wildman–Crippen LogP) is 3.83. The number of halogens is 1. The van der Waals surface area contributed by atoms with Crippen molar-refractivity contribution in [2.75, 3.05) is 13.1 Å². The molecular weight excluding hydrogens is 351 g/mol. The molecule has 1 aliphatic heterocycles. The first-order chi connectivity index (χ1) is 13.5. The number of fused-ring (bicyclic) bond motifs is 2. The molecule has 3 nitrogen and oxygen atoms in total. The normalized spacial score (nSPS) is 22.0. The van der Waals surface area contributed by atoms with Crippen LogP contribution in [0.4, 0.5) is 4.39 Å². The van der Waals surface area contributed by atoms with Crippen LogP contribution in [0.3, 0.4) is 0 Å². The molecule has 1 N–H and O–H groups in total. The quantitative estimate of drug-likeness (QED) is 0.878. The van der Waals surface area contributed by atoms with Crippen molar-refractivity contribution in [1.82, 2.24) is 10.2 Å². The summed E-state index contributed by atoms with van der Waals surface area (Å²) < 4.78 is 14.8. The van der Waals surface area contributed by atoms with Gasteiger partial charge in [-0.05, 0) is 67.0 Å². The van der Waals surface area contributed by atoms with E-state index in [-0.39, 0.29) is 29.7 Å². The Kier molecular flexibility index (Phi) is 5.24. The molecule has 0 spiro atoms. The van der Waals surface area contributed by atoms with Gasteiger partial charge in [-0.2, -0.15) is 0 Å². The zero-order valence-corrected chi connectivity index (χ0v) is 17.0. The summed E-state index contributed by atoms with van der Waals surface area (Å²) in [4.78, 5) is 14.3. The van der Waals surface area contributed by atoms with Crippen LogP contribution in [0.15, 0.2) is 36.4 Å². The Balaban J connectivity index is 1.85. The second-order valence-corrected chi connectivity index (χ2v) is 8.25. The summed E-state index contributed by atoms with van der Waals surface area (Å²) in [6, 6.07) is 12.2. The van der Waals surface area contributed by atoms with Gasteiger partial charge in [-0.3, -0.25) is 4.79 Å². The third-order valence-corrected chi connectivity index (χ3v) is 6.40. The monoisotopic (exact) mass is 380 g/mol. The molecule has 0 aromatic heterocycles. The van der Waals surface area contributed by atoms with Gasteiger partial charge in [0, 0.05) is 24.5 Å². The molecule has 1 fully saturated rings. The first-order valence-electron chi connectivity index (χ1n) is 10.4. The van der Waals surface area contributed by atoms with E-state index in [1.165, 1.54) is 16.7 Å². The average Bonchev–Trinajstić information content (AvgIpc) is 2.86. The van der Waals surface area contributed by atoms with Crippen molar-refractivity contribution in [3.8, 4) is 0 Å². The lowest BCUT2D eigenvalue weighted by Crippen LogP contribution is -2.58. The van der Waals surface area contributed by atoms with Crippen molar-refractivity contribution in [3.63, 3.8) is 0 Å². The number of aryl methyl sites for hydroxylation is 1. The van der Waals surface area contributed by atoms with Crippen LogP contribution in [-0.4, -0.2) is 36.0 Å². The fraction of sp³-hybridized carbons (Fsp3) is 0.458. The van der Waals surface area contributed by atoms with E-state index in [2.05, 4.69) is 50.4 Å². The molecule has 1 saturated heterocycles. The van der Waals surface area contributed by atoms with Crippen LogP contribution in [-0.2, 0) is 24.1 Å². The third-order valence-electron chi connectivity index (χ3n) is 6.40. The fourth-order valence-electron chi connectivity index (χ4n) is 4.98. The van der Waals surface area contributed by atoms with Gasteiger partial charge in [-0.1, -0.05) is 37.3 Å². The molecule has 28 heavy (non-hydrogen) atoms. The molecule has 1 heterocycles. The Labute approximate surface area is 166 Å². The van der Waals surface area contributed by atoms with Crippen LogP contribution in [0.5, 0.6) is 0 Å². The number of benzene rings is 2. The fourth-order valence-corrected chi connectivity index (χ4v) is 4.98. The molecule has 0 saturated carbocycles. The number of nitrogens with one attached hydrogen (secondary N) is 1. The molecule has 2 aromatic rings. The number of nitrogens with zero attached hydrogens (tertiary/aromatic N) is 1. The van der Waals surface area contributed by atoms with Crippen LogP contribution < -0.4 is 5.32 Å². The maximum absolute atomic E-state index is 14.8. The predicted molar refractivity (Wildman–Crippen MR) is 110 cm³/mol. The van der Waals surface area contributed by atoms with Crippen molar-refractivity contribution in [2.45, 2.75) is 58.0 Å². The van der Waals surface area contributed by atoms with E-state index >= 15 is 0 Å². The SMILES string of the molecule is CCc1cccc2c1CCc1c(F)cccc1C2C1CN(C(C)C)C(=O)CN1. The minimum atomic E-state index is -0.110. The summed E-state index contributed by atoms with van der Waals surface area (Å²) in [5, 5.41) is 3.48. The van der Waals surface area contributed by atoms with Gasteiger partial charge in [0.2, 0.25) is 5.91 Å². The largest absolute Gasteiger partial charge is 0.338 e. The van der Waals surface area contributed by atoms with Gasteiger partial charge in [0.1, 0.15) is 5.82 Å². The molecule has 2 unspecified atom stereocenters. The van der Waals surface area contributed by atoms with E-state index in [0.29, 0.717) is 13.1 Å². The Morgan fingerprint density at radius 2 is 1.79 bits per heavy atom. The first kappa shape index (κ1) is 19.1. The van der Waals surface area contributed by atoms with Gasteiger partial charge in [0.25, 0.3) is 0 Å². The van der Waals surface area contributed by atoms with E-state index < -0.39 is 0 Å². The molecule has 4 heteroatoms. The third kappa shape index (κ3) is 3.24. The van der Waals surface area contributed by atoms with Crippen LogP contribution in [0.25, 0.3) is 0 Å². The molecule has 4 rings (SSSR count). The highest BCUT2D eigenvalue weighted by Gasteiger charge is 2.37. The maximum atomic E-state index is 14.8. The summed E-state index contributed by atoms with van der Waals surface area (Å²) in [5.74, 6) is 0.0758. The van der Waals surface area contributed by atoms with Gasteiger partial charge in [0.05, 0.1) is 6.54 Å². The summed E-state index contributed by atoms with van der Waals surface area (Å²) in [6.07, 6.45) is 2.56. The van der Waals surface area contributed by atoms with E-state index in [0.717, 1.165) is 30.4 Å².